The molecule has 0 radical (unpaired) electrons. The second-order valence-electron chi connectivity index (χ2n) is 5.88. The molecule has 1 heterocycles. The molecular weight excluding hydrogens is 294 g/mol. The van der Waals surface area contributed by atoms with Crippen molar-refractivity contribution in [3.8, 4) is 0 Å². The Morgan fingerprint density at radius 3 is 2.90 bits per heavy atom. The number of nitrogens with one attached hydrogen (secondary N) is 1. The van der Waals surface area contributed by atoms with E-state index in [2.05, 4.69) is 12.2 Å². The molecule has 3 unspecified atom stereocenters. The third-order valence-corrected chi connectivity index (χ3v) is 6.25. The minimum Gasteiger partial charge on any atom is -0.386 e. The van der Waals surface area contributed by atoms with Gasteiger partial charge in [0.1, 0.15) is 6.10 Å². The molecule has 1 spiro atoms. The van der Waals surface area contributed by atoms with Crippen LogP contribution in [-0.4, -0.2) is 30.4 Å². The summed E-state index contributed by atoms with van der Waals surface area (Å²) in [4.78, 5) is 0.936. The smallest absolute Gasteiger partial charge is 0.101 e. The number of rotatable bonds is 6. The van der Waals surface area contributed by atoms with Crippen LogP contribution in [0.2, 0.25) is 4.34 Å². The van der Waals surface area contributed by atoms with Gasteiger partial charge in [-0.2, -0.15) is 0 Å². The molecule has 112 valence electrons. The minimum atomic E-state index is -0.462. The fraction of sp³-hybridized carbons (Fsp3) is 0.733. The lowest BCUT2D eigenvalue weighted by molar-refractivity contribution is -0.173. The van der Waals surface area contributed by atoms with Gasteiger partial charge in [-0.05, 0) is 38.3 Å². The molecule has 0 aliphatic heterocycles. The summed E-state index contributed by atoms with van der Waals surface area (Å²) in [6.45, 7) is 3.47. The lowest BCUT2D eigenvalue weighted by Gasteiger charge is -2.61. The van der Waals surface area contributed by atoms with Crippen molar-refractivity contribution in [3.05, 3.63) is 21.3 Å². The summed E-state index contributed by atoms with van der Waals surface area (Å²) in [5, 5.41) is 13.7. The molecule has 3 atom stereocenters. The Labute approximate surface area is 129 Å². The zero-order valence-corrected chi connectivity index (χ0v) is 13.3. The van der Waals surface area contributed by atoms with Crippen molar-refractivity contribution in [1.82, 2.24) is 5.32 Å². The Morgan fingerprint density at radius 2 is 2.35 bits per heavy atom. The van der Waals surface area contributed by atoms with E-state index in [0.717, 1.165) is 22.2 Å². The normalized spacial score (nSPS) is 28.9. The predicted molar refractivity (Wildman–Crippen MR) is 82.4 cm³/mol. The van der Waals surface area contributed by atoms with Gasteiger partial charge in [0.25, 0.3) is 0 Å². The Kier molecular flexibility index (Phi) is 4.39. The van der Waals surface area contributed by atoms with E-state index in [1.54, 1.807) is 0 Å². The number of hydrogen-bond donors (Lipinski definition) is 2. The molecule has 2 aliphatic rings. The van der Waals surface area contributed by atoms with Crippen molar-refractivity contribution in [3.63, 3.8) is 0 Å². The van der Waals surface area contributed by atoms with E-state index < -0.39 is 6.10 Å². The SMILES string of the molecule is CCOC1CC(NCC(O)c2ccc(Cl)s2)C12CCC2. The number of aliphatic hydroxyl groups excluding tert-OH is 1. The summed E-state index contributed by atoms with van der Waals surface area (Å²) in [6, 6.07) is 4.24. The summed E-state index contributed by atoms with van der Waals surface area (Å²) < 4.78 is 6.57. The van der Waals surface area contributed by atoms with Gasteiger partial charge in [-0.1, -0.05) is 18.0 Å². The Balaban J connectivity index is 1.52. The Bertz CT molecular complexity index is 460. The molecule has 0 aromatic carbocycles. The highest BCUT2D eigenvalue weighted by atomic mass is 35.5. The van der Waals surface area contributed by atoms with Gasteiger partial charge < -0.3 is 15.2 Å². The zero-order chi connectivity index (χ0) is 14.2. The van der Waals surface area contributed by atoms with Gasteiger partial charge in [0, 0.05) is 29.5 Å². The number of halogens is 1. The summed E-state index contributed by atoms with van der Waals surface area (Å²) in [5.74, 6) is 0. The average Bonchev–Trinajstić information content (AvgIpc) is 2.77. The van der Waals surface area contributed by atoms with Crippen LogP contribution < -0.4 is 5.32 Å². The Hall–Kier alpha value is -0.130. The van der Waals surface area contributed by atoms with Crippen LogP contribution in [0.25, 0.3) is 0 Å². The van der Waals surface area contributed by atoms with Crippen LogP contribution in [0.4, 0.5) is 0 Å². The van der Waals surface area contributed by atoms with Crippen LogP contribution in [0.3, 0.4) is 0 Å². The molecule has 1 aromatic rings. The molecule has 0 saturated heterocycles. The third-order valence-electron chi connectivity index (χ3n) is 4.92. The molecule has 1 aromatic heterocycles. The van der Waals surface area contributed by atoms with E-state index in [1.807, 2.05) is 12.1 Å². The molecule has 2 N–H and O–H groups in total. The largest absolute Gasteiger partial charge is 0.386 e. The highest BCUT2D eigenvalue weighted by Crippen LogP contribution is 2.57. The first-order valence-corrected chi connectivity index (χ1v) is 8.63. The fourth-order valence-corrected chi connectivity index (χ4v) is 4.63. The molecule has 0 amide bonds. The van der Waals surface area contributed by atoms with Gasteiger partial charge in [0.15, 0.2) is 0 Å². The highest BCUT2D eigenvalue weighted by Gasteiger charge is 2.58. The van der Waals surface area contributed by atoms with Crippen LogP contribution in [0.1, 0.15) is 43.6 Å². The molecule has 3 nitrogen and oxygen atoms in total. The standard InChI is InChI=1S/C15H22ClNO2S/c1-2-19-13-8-12(15(13)6-3-7-15)17-9-10(18)11-4-5-14(16)20-11/h4-5,10,12-13,17-18H,2-3,6-9H2,1H3. The lowest BCUT2D eigenvalue weighted by atomic mass is 9.51. The molecular formula is C15H22ClNO2S. The quantitative estimate of drug-likeness (QED) is 0.845. The Morgan fingerprint density at radius 1 is 1.55 bits per heavy atom. The number of thiophene rings is 1. The maximum atomic E-state index is 10.2. The first-order valence-electron chi connectivity index (χ1n) is 7.44. The minimum absolute atomic E-state index is 0.350. The number of hydrogen-bond acceptors (Lipinski definition) is 4. The van der Waals surface area contributed by atoms with Gasteiger partial charge in [0.2, 0.25) is 0 Å². The van der Waals surface area contributed by atoms with Gasteiger partial charge in [-0.3, -0.25) is 0 Å². The predicted octanol–water partition coefficient (Wildman–Crippen LogP) is 3.37. The van der Waals surface area contributed by atoms with E-state index in [1.165, 1.54) is 30.6 Å². The second-order valence-corrected chi connectivity index (χ2v) is 7.63. The molecule has 20 heavy (non-hydrogen) atoms. The van der Waals surface area contributed by atoms with Crippen LogP contribution >= 0.6 is 22.9 Å². The van der Waals surface area contributed by atoms with Crippen LogP contribution in [-0.2, 0) is 4.74 Å². The number of aliphatic hydroxyl groups is 1. The average molecular weight is 316 g/mol. The molecule has 2 saturated carbocycles. The first-order chi connectivity index (χ1) is 9.65. The van der Waals surface area contributed by atoms with Crippen molar-refractivity contribution in [2.75, 3.05) is 13.2 Å². The van der Waals surface area contributed by atoms with E-state index >= 15 is 0 Å². The number of ether oxygens (including phenoxy) is 1. The fourth-order valence-electron chi connectivity index (χ4n) is 3.59. The maximum Gasteiger partial charge on any atom is 0.101 e. The first kappa shape index (κ1) is 14.8. The topological polar surface area (TPSA) is 41.5 Å². The summed E-state index contributed by atoms with van der Waals surface area (Å²) in [6.07, 6.45) is 4.87. The molecule has 2 aliphatic carbocycles. The molecule has 3 rings (SSSR count). The van der Waals surface area contributed by atoms with Crippen molar-refractivity contribution >= 4 is 22.9 Å². The van der Waals surface area contributed by atoms with Gasteiger partial charge >= 0.3 is 0 Å². The highest BCUT2D eigenvalue weighted by molar-refractivity contribution is 7.16. The van der Waals surface area contributed by atoms with Crippen molar-refractivity contribution in [1.29, 1.82) is 0 Å². The van der Waals surface area contributed by atoms with E-state index in [0.29, 0.717) is 24.1 Å². The van der Waals surface area contributed by atoms with Crippen molar-refractivity contribution in [2.24, 2.45) is 5.41 Å². The molecule has 2 fully saturated rings. The third kappa shape index (κ3) is 2.53. The lowest BCUT2D eigenvalue weighted by Crippen LogP contribution is -2.67. The van der Waals surface area contributed by atoms with Crippen LogP contribution in [0.15, 0.2) is 12.1 Å². The monoisotopic (exact) mass is 315 g/mol. The van der Waals surface area contributed by atoms with E-state index in [9.17, 15) is 5.11 Å². The van der Waals surface area contributed by atoms with E-state index in [4.69, 9.17) is 16.3 Å². The van der Waals surface area contributed by atoms with Gasteiger partial charge in [-0.15, -0.1) is 11.3 Å². The van der Waals surface area contributed by atoms with Crippen molar-refractivity contribution in [2.45, 2.75) is 50.9 Å². The van der Waals surface area contributed by atoms with Crippen molar-refractivity contribution < 1.29 is 9.84 Å². The summed E-state index contributed by atoms with van der Waals surface area (Å²) >= 11 is 7.36. The second kappa shape index (κ2) is 5.93. The van der Waals surface area contributed by atoms with Crippen LogP contribution in [0.5, 0.6) is 0 Å². The van der Waals surface area contributed by atoms with Gasteiger partial charge in [0.05, 0.1) is 10.4 Å². The molecule has 5 heteroatoms. The maximum absolute atomic E-state index is 10.2. The zero-order valence-electron chi connectivity index (χ0n) is 11.8. The van der Waals surface area contributed by atoms with E-state index in [-0.39, 0.29) is 0 Å². The van der Waals surface area contributed by atoms with Crippen LogP contribution in [0, 0.1) is 5.41 Å². The van der Waals surface area contributed by atoms with Gasteiger partial charge in [-0.25, -0.2) is 0 Å². The summed E-state index contributed by atoms with van der Waals surface area (Å²) in [7, 11) is 0. The molecule has 0 bridgehead atoms. The summed E-state index contributed by atoms with van der Waals surface area (Å²) in [5.41, 5.74) is 0.350.